The molecule has 3 aromatic rings. The Kier molecular flexibility index (Phi) is 3.57. The predicted molar refractivity (Wildman–Crippen MR) is 87.6 cm³/mol. The van der Waals surface area contributed by atoms with E-state index in [0.717, 1.165) is 6.26 Å². The summed E-state index contributed by atoms with van der Waals surface area (Å²) in [6.45, 7) is 0. The first-order valence-electron chi connectivity index (χ1n) is 6.70. The van der Waals surface area contributed by atoms with Gasteiger partial charge in [-0.25, -0.2) is 8.42 Å². The summed E-state index contributed by atoms with van der Waals surface area (Å²) < 4.78 is 22.8. The van der Waals surface area contributed by atoms with Crippen LogP contribution in [0.2, 0.25) is 0 Å². The van der Waals surface area contributed by atoms with E-state index in [-0.39, 0.29) is 10.3 Å². The smallest absolute Gasteiger partial charge is 0.217 e. The summed E-state index contributed by atoms with van der Waals surface area (Å²) in [6.07, 6.45) is 1.11. The lowest BCUT2D eigenvalue weighted by Crippen LogP contribution is -2.32. The van der Waals surface area contributed by atoms with Crippen LogP contribution in [-0.4, -0.2) is 14.7 Å². The van der Waals surface area contributed by atoms with Gasteiger partial charge >= 0.3 is 0 Å². The zero-order valence-corrected chi connectivity index (χ0v) is 12.9. The van der Waals surface area contributed by atoms with Crippen molar-refractivity contribution in [3.8, 4) is 0 Å². The topological polar surface area (TPSA) is 92.7 Å². The number of rotatable bonds is 3. The van der Waals surface area contributed by atoms with E-state index in [2.05, 4.69) is 10.5 Å². The molecular weight excluding hydrogens is 316 g/mol. The highest BCUT2D eigenvalue weighted by molar-refractivity contribution is 7.90. The maximum absolute atomic E-state index is 12.1. The highest BCUT2D eigenvalue weighted by Crippen LogP contribution is 2.13. The van der Waals surface area contributed by atoms with E-state index < -0.39 is 20.7 Å². The van der Waals surface area contributed by atoms with Gasteiger partial charge in [-0.2, -0.15) is 5.10 Å². The van der Waals surface area contributed by atoms with Crippen LogP contribution in [0.15, 0.2) is 68.1 Å². The van der Waals surface area contributed by atoms with Crippen LogP contribution in [0.4, 0.5) is 5.69 Å². The Morgan fingerprint density at radius 1 is 0.870 bits per heavy atom. The van der Waals surface area contributed by atoms with Crippen LogP contribution in [0.3, 0.4) is 0 Å². The first-order valence-corrected chi connectivity index (χ1v) is 8.59. The Hall–Kier alpha value is -2.80. The average molecular weight is 328 g/mol. The number of hydrogen-bond donors (Lipinski definition) is 1. The number of fused-ring (bicyclic) bond motifs is 1. The van der Waals surface area contributed by atoms with Crippen molar-refractivity contribution in [1.82, 2.24) is 0 Å². The first-order chi connectivity index (χ1) is 10.9. The van der Waals surface area contributed by atoms with Crippen molar-refractivity contribution in [1.29, 1.82) is 0 Å². The van der Waals surface area contributed by atoms with Crippen molar-refractivity contribution in [2.75, 3.05) is 11.7 Å². The fourth-order valence-electron chi connectivity index (χ4n) is 2.24. The molecule has 0 radical (unpaired) electrons. The second kappa shape index (κ2) is 5.44. The Balaban J connectivity index is 2.01. The molecule has 0 aromatic heterocycles. The molecular formula is C16H12N2O4S. The maximum Gasteiger partial charge on any atom is 0.217 e. The monoisotopic (exact) mass is 328 g/mol. The van der Waals surface area contributed by atoms with E-state index in [9.17, 15) is 18.0 Å². The quantitative estimate of drug-likeness (QED) is 0.717. The van der Waals surface area contributed by atoms with Gasteiger partial charge in [0.25, 0.3) is 0 Å². The van der Waals surface area contributed by atoms with Crippen molar-refractivity contribution in [3.05, 3.63) is 74.3 Å². The van der Waals surface area contributed by atoms with Gasteiger partial charge in [-0.05, 0) is 24.3 Å². The van der Waals surface area contributed by atoms with Gasteiger partial charge in [0.1, 0.15) is 0 Å². The van der Waals surface area contributed by atoms with Crippen LogP contribution >= 0.6 is 0 Å². The molecule has 0 saturated heterocycles. The number of nitrogens with one attached hydrogen (secondary N) is 1. The van der Waals surface area contributed by atoms with Crippen LogP contribution in [0, 0.1) is 0 Å². The van der Waals surface area contributed by atoms with E-state index in [4.69, 9.17) is 0 Å². The lowest BCUT2D eigenvalue weighted by molar-refractivity contribution is 0.602. The fraction of sp³-hybridized carbons (Fsp3) is 0.0625. The summed E-state index contributed by atoms with van der Waals surface area (Å²) in [5.41, 5.74) is 2.24. The molecule has 0 spiro atoms. The molecule has 0 bridgehead atoms. The van der Waals surface area contributed by atoms with Crippen molar-refractivity contribution < 1.29 is 8.42 Å². The van der Waals surface area contributed by atoms with Crippen LogP contribution in [0.5, 0.6) is 0 Å². The van der Waals surface area contributed by atoms with Crippen molar-refractivity contribution in [2.24, 2.45) is 5.10 Å². The van der Waals surface area contributed by atoms with Gasteiger partial charge in [0.05, 0.1) is 10.6 Å². The van der Waals surface area contributed by atoms with Gasteiger partial charge in [-0.1, -0.05) is 24.3 Å². The zero-order valence-electron chi connectivity index (χ0n) is 12.1. The maximum atomic E-state index is 12.1. The largest absolute Gasteiger partial charge is 0.287 e. The highest BCUT2D eigenvalue weighted by Gasteiger charge is 2.10. The molecule has 7 heteroatoms. The van der Waals surface area contributed by atoms with Crippen LogP contribution in [0.1, 0.15) is 0 Å². The van der Waals surface area contributed by atoms with Crippen molar-refractivity contribution >= 4 is 26.3 Å². The molecule has 0 aliphatic heterocycles. The predicted octanol–water partition coefficient (Wildman–Crippen LogP) is 0.767. The molecule has 0 aliphatic rings. The molecule has 0 saturated carbocycles. The summed E-state index contributed by atoms with van der Waals surface area (Å²) in [6, 6.07) is 12.4. The normalized spacial score (nSPS) is 11.5. The number of sulfone groups is 1. The molecule has 3 aromatic carbocycles. The molecule has 23 heavy (non-hydrogen) atoms. The zero-order chi connectivity index (χ0) is 16.6. The Morgan fingerprint density at radius 3 is 1.87 bits per heavy atom. The summed E-state index contributed by atoms with van der Waals surface area (Å²) in [5, 5.41) is 4.37. The van der Waals surface area contributed by atoms with Gasteiger partial charge in [0.15, 0.2) is 15.2 Å². The van der Waals surface area contributed by atoms with E-state index in [1.165, 1.54) is 24.3 Å². The number of hydrogen-bond acceptors (Lipinski definition) is 6. The molecule has 0 unspecified atom stereocenters. The van der Waals surface area contributed by atoms with Gasteiger partial charge in [-0.15, -0.1) is 0 Å². The second-order valence-corrected chi connectivity index (χ2v) is 7.09. The second-order valence-electron chi connectivity index (χ2n) is 5.07. The van der Waals surface area contributed by atoms with Crippen LogP contribution in [-0.2, 0) is 9.84 Å². The standard InChI is InChI=1S/C16H12N2O4S/c1-23(21,22)11-8-6-10(7-9-11)17-18-14-15(19)12-4-2-3-5-13(12)16(14)20/h2-9,17H,1H3. The molecule has 0 heterocycles. The van der Waals surface area contributed by atoms with E-state index in [1.54, 1.807) is 24.3 Å². The third-order valence-electron chi connectivity index (χ3n) is 3.43. The number of anilines is 1. The Bertz CT molecular complexity index is 1090. The fourth-order valence-corrected chi connectivity index (χ4v) is 2.87. The summed E-state index contributed by atoms with van der Waals surface area (Å²) >= 11 is 0. The lowest BCUT2D eigenvalue weighted by atomic mass is 10.2. The third-order valence-corrected chi connectivity index (χ3v) is 4.55. The molecule has 6 nitrogen and oxygen atoms in total. The highest BCUT2D eigenvalue weighted by atomic mass is 32.2. The molecule has 0 aliphatic carbocycles. The molecule has 0 atom stereocenters. The van der Waals surface area contributed by atoms with Crippen LogP contribution < -0.4 is 21.6 Å². The van der Waals surface area contributed by atoms with E-state index >= 15 is 0 Å². The first kappa shape index (κ1) is 15.1. The number of benzene rings is 2. The van der Waals surface area contributed by atoms with Gasteiger partial charge in [-0.3, -0.25) is 15.0 Å². The van der Waals surface area contributed by atoms with Gasteiger partial charge < -0.3 is 0 Å². The molecule has 0 amide bonds. The van der Waals surface area contributed by atoms with Gasteiger partial charge in [0.2, 0.25) is 10.9 Å². The van der Waals surface area contributed by atoms with Gasteiger partial charge in [0, 0.05) is 17.0 Å². The van der Waals surface area contributed by atoms with E-state index in [0.29, 0.717) is 16.5 Å². The van der Waals surface area contributed by atoms with Crippen molar-refractivity contribution in [3.63, 3.8) is 0 Å². The SMILES string of the molecule is CS(=O)(=O)c1ccc(NN=c2c(=O)c3ccccc3c2=O)cc1. The third kappa shape index (κ3) is 2.78. The number of nitrogens with zero attached hydrogens (tertiary/aromatic N) is 1. The molecule has 1 N–H and O–H groups in total. The minimum Gasteiger partial charge on any atom is -0.287 e. The minimum absolute atomic E-state index is 0.177. The summed E-state index contributed by atoms with van der Waals surface area (Å²) in [4.78, 5) is 24.5. The molecule has 0 fully saturated rings. The molecule has 116 valence electrons. The Morgan fingerprint density at radius 2 is 1.39 bits per heavy atom. The lowest BCUT2D eigenvalue weighted by Gasteiger charge is -2.01. The van der Waals surface area contributed by atoms with E-state index in [1.807, 2.05) is 0 Å². The summed E-state index contributed by atoms with van der Waals surface area (Å²) in [7, 11) is -3.28. The summed E-state index contributed by atoms with van der Waals surface area (Å²) in [5.74, 6) is 0. The minimum atomic E-state index is -3.28. The Labute approximate surface area is 131 Å². The van der Waals surface area contributed by atoms with Crippen molar-refractivity contribution in [2.45, 2.75) is 4.90 Å². The average Bonchev–Trinajstić information content (AvgIpc) is 2.77. The van der Waals surface area contributed by atoms with Crippen LogP contribution in [0.25, 0.3) is 10.8 Å². The molecule has 3 rings (SSSR count).